The number of likely N-dealkylation sites (N-methyl/N-ethyl adjacent to an activating group) is 1. The first-order chi connectivity index (χ1) is 11.0. The first kappa shape index (κ1) is 16.0. The van der Waals surface area contributed by atoms with Crippen LogP contribution in [0.3, 0.4) is 0 Å². The van der Waals surface area contributed by atoms with Gasteiger partial charge in [0.2, 0.25) is 5.91 Å². The number of hydrogen-bond acceptors (Lipinski definition) is 3. The Morgan fingerprint density at radius 1 is 1.43 bits per heavy atom. The minimum absolute atomic E-state index is 0.0871. The number of aryl methyl sites for hydroxylation is 1. The van der Waals surface area contributed by atoms with Crippen molar-refractivity contribution in [2.24, 2.45) is 7.05 Å². The Labute approximate surface area is 139 Å². The Hall–Kier alpha value is -1.92. The number of halogens is 2. The van der Waals surface area contributed by atoms with E-state index in [1.165, 1.54) is 11.0 Å². The molecule has 7 heteroatoms. The molecule has 23 heavy (non-hydrogen) atoms. The molecule has 0 radical (unpaired) electrons. The Morgan fingerprint density at radius 3 is 2.83 bits per heavy atom. The lowest BCUT2D eigenvalue weighted by Gasteiger charge is -2.24. The second kappa shape index (κ2) is 6.29. The van der Waals surface area contributed by atoms with Crippen LogP contribution in [0.4, 0.5) is 10.1 Å². The van der Waals surface area contributed by atoms with Gasteiger partial charge in [0, 0.05) is 20.1 Å². The highest BCUT2D eigenvalue weighted by atomic mass is 35.5. The fraction of sp³-hybridized carbons (Fsp3) is 0.375. The van der Waals surface area contributed by atoms with E-state index >= 15 is 0 Å². The molecule has 1 aromatic heterocycles. The number of aromatic nitrogens is 2. The maximum absolute atomic E-state index is 13.9. The van der Waals surface area contributed by atoms with Crippen LogP contribution < -0.4 is 4.90 Å². The Balaban J connectivity index is 1.75. The summed E-state index contributed by atoms with van der Waals surface area (Å²) >= 11 is 6.12. The van der Waals surface area contributed by atoms with Crippen molar-refractivity contribution in [2.45, 2.75) is 19.0 Å². The zero-order valence-electron chi connectivity index (χ0n) is 13.0. The highest BCUT2D eigenvalue weighted by molar-refractivity contribution is 6.31. The molecule has 1 atom stereocenters. The van der Waals surface area contributed by atoms with Gasteiger partial charge in [-0.15, -0.1) is 0 Å². The van der Waals surface area contributed by atoms with E-state index in [0.29, 0.717) is 30.2 Å². The van der Waals surface area contributed by atoms with Gasteiger partial charge < -0.3 is 4.90 Å². The van der Waals surface area contributed by atoms with Crippen LogP contribution in [0.15, 0.2) is 30.5 Å². The largest absolute Gasteiger partial charge is 0.308 e. The predicted octanol–water partition coefficient (Wildman–Crippen LogP) is 2.45. The van der Waals surface area contributed by atoms with E-state index in [0.717, 1.165) is 5.69 Å². The summed E-state index contributed by atoms with van der Waals surface area (Å²) in [6.07, 6.45) is 2.24. The fourth-order valence-corrected chi connectivity index (χ4v) is 3.17. The van der Waals surface area contributed by atoms with Crippen LogP contribution in [0.25, 0.3) is 0 Å². The lowest BCUT2D eigenvalue weighted by molar-refractivity contribution is -0.121. The maximum Gasteiger partial charge on any atom is 0.244 e. The number of benzene rings is 1. The van der Waals surface area contributed by atoms with Crippen LogP contribution in [0.2, 0.25) is 5.02 Å². The van der Waals surface area contributed by atoms with Crippen molar-refractivity contribution in [3.8, 4) is 0 Å². The minimum Gasteiger partial charge on any atom is -0.308 e. The van der Waals surface area contributed by atoms with Crippen LogP contribution >= 0.6 is 11.6 Å². The summed E-state index contributed by atoms with van der Waals surface area (Å²) in [5, 5.41) is 4.68. The van der Waals surface area contributed by atoms with E-state index < -0.39 is 0 Å². The third-order valence-electron chi connectivity index (χ3n) is 4.26. The topological polar surface area (TPSA) is 41.4 Å². The van der Waals surface area contributed by atoms with Crippen molar-refractivity contribution < 1.29 is 9.18 Å². The van der Waals surface area contributed by atoms with Crippen LogP contribution in [0.5, 0.6) is 0 Å². The molecular weight excluding hydrogens is 319 g/mol. The van der Waals surface area contributed by atoms with E-state index in [9.17, 15) is 9.18 Å². The molecule has 1 aliphatic heterocycles. The molecule has 1 aliphatic rings. The zero-order valence-corrected chi connectivity index (χ0v) is 13.8. The average molecular weight is 337 g/mol. The first-order valence-corrected chi connectivity index (χ1v) is 7.79. The molecule has 1 amide bonds. The first-order valence-electron chi connectivity index (χ1n) is 7.41. The number of rotatable bonds is 4. The predicted molar refractivity (Wildman–Crippen MR) is 86.8 cm³/mol. The third kappa shape index (κ3) is 2.96. The summed E-state index contributed by atoms with van der Waals surface area (Å²) in [7, 11) is 3.69. The Bertz CT molecular complexity index is 713. The van der Waals surface area contributed by atoms with Gasteiger partial charge in [-0.3, -0.25) is 14.4 Å². The lowest BCUT2D eigenvalue weighted by Crippen LogP contribution is -2.39. The summed E-state index contributed by atoms with van der Waals surface area (Å²) in [5.74, 6) is -0.463. The number of carbonyl (C=O) groups excluding carboxylic acids is 1. The molecule has 0 N–H and O–H groups in total. The number of hydrogen-bond donors (Lipinski definition) is 0. The van der Waals surface area contributed by atoms with Gasteiger partial charge in [-0.05, 0) is 25.6 Å². The molecule has 0 spiro atoms. The number of carbonyl (C=O) groups is 1. The molecular formula is C16H18ClFN4O. The number of nitrogens with zero attached hydrogens (tertiary/aromatic N) is 4. The number of para-hydroxylation sites is 1. The van der Waals surface area contributed by atoms with Gasteiger partial charge in [0.05, 0.1) is 28.6 Å². The van der Waals surface area contributed by atoms with E-state index in [1.54, 1.807) is 29.1 Å². The highest BCUT2D eigenvalue weighted by Crippen LogP contribution is 2.27. The molecule has 0 aliphatic carbocycles. The summed E-state index contributed by atoms with van der Waals surface area (Å²) in [6.45, 7) is 1.02. The van der Waals surface area contributed by atoms with Crippen LogP contribution in [0, 0.1) is 5.82 Å². The second-order valence-electron chi connectivity index (χ2n) is 5.72. The highest BCUT2D eigenvalue weighted by Gasteiger charge is 2.36. The quantitative estimate of drug-likeness (QED) is 0.861. The number of anilines is 1. The van der Waals surface area contributed by atoms with Crippen LogP contribution in [0.1, 0.15) is 12.1 Å². The van der Waals surface area contributed by atoms with E-state index in [1.807, 2.05) is 19.0 Å². The van der Waals surface area contributed by atoms with Crippen molar-refractivity contribution >= 4 is 23.2 Å². The average Bonchev–Trinajstić information content (AvgIpc) is 3.05. The van der Waals surface area contributed by atoms with Gasteiger partial charge in [0.15, 0.2) is 0 Å². The maximum atomic E-state index is 13.9. The summed E-state index contributed by atoms with van der Waals surface area (Å²) in [6, 6.07) is 6.06. The van der Waals surface area contributed by atoms with Gasteiger partial charge in [-0.1, -0.05) is 23.7 Å². The molecule has 1 unspecified atom stereocenters. The summed E-state index contributed by atoms with van der Waals surface area (Å²) in [4.78, 5) is 16.1. The molecule has 3 rings (SSSR count). The standard InChI is InChI=1S/C16H18ClFN4O/c1-20(10-15-11(17)9-19-21(15)2)14-7-8-22(16(14)23)13-6-4-3-5-12(13)18/h3-6,9,14H,7-8,10H2,1-2H3. The molecule has 1 fully saturated rings. The van der Waals surface area contributed by atoms with Gasteiger partial charge in [-0.2, -0.15) is 5.10 Å². The Kier molecular flexibility index (Phi) is 4.37. The van der Waals surface area contributed by atoms with Crippen molar-refractivity contribution in [1.29, 1.82) is 0 Å². The van der Waals surface area contributed by atoms with Gasteiger partial charge in [-0.25, -0.2) is 4.39 Å². The normalized spacial score (nSPS) is 18.2. The Morgan fingerprint density at radius 2 is 2.17 bits per heavy atom. The summed E-state index contributed by atoms with van der Waals surface area (Å²) in [5.41, 5.74) is 1.19. The number of amides is 1. The van der Waals surface area contributed by atoms with Gasteiger partial charge in [0.1, 0.15) is 5.82 Å². The SMILES string of the molecule is CN(Cc1c(Cl)cnn1C)C1CCN(c2ccccc2F)C1=O. The van der Waals surface area contributed by atoms with Crippen molar-refractivity contribution in [3.63, 3.8) is 0 Å². The molecule has 0 saturated carbocycles. The lowest BCUT2D eigenvalue weighted by atomic mass is 10.2. The van der Waals surface area contributed by atoms with Crippen molar-refractivity contribution in [2.75, 3.05) is 18.5 Å². The molecule has 2 heterocycles. The van der Waals surface area contributed by atoms with Gasteiger partial charge in [0.25, 0.3) is 0 Å². The smallest absolute Gasteiger partial charge is 0.244 e. The molecule has 1 aromatic carbocycles. The molecule has 2 aromatic rings. The fourth-order valence-electron chi connectivity index (χ4n) is 2.94. The summed E-state index contributed by atoms with van der Waals surface area (Å²) < 4.78 is 15.6. The van der Waals surface area contributed by atoms with Crippen LogP contribution in [-0.2, 0) is 18.4 Å². The van der Waals surface area contributed by atoms with Crippen molar-refractivity contribution in [3.05, 3.63) is 47.0 Å². The monoisotopic (exact) mass is 336 g/mol. The molecule has 1 saturated heterocycles. The second-order valence-corrected chi connectivity index (χ2v) is 6.13. The minimum atomic E-state index is -0.376. The molecule has 5 nitrogen and oxygen atoms in total. The van der Waals surface area contributed by atoms with Gasteiger partial charge >= 0.3 is 0 Å². The van der Waals surface area contributed by atoms with E-state index in [4.69, 9.17) is 11.6 Å². The van der Waals surface area contributed by atoms with Crippen molar-refractivity contribution in [1.82, 2.24) is 14.7 Å². The van der Waals surface area contributed by atoms with Crippen LogP contribution in [-0.4, -0.2) is 40.2 Å². The van der Waals surface area contributed by atoms with E-state index in [-0.39, 0.29) is 17.8 Å². The van der Waals surface area contributed by atoms with E-state index in [2.05, 4.69) is 5.10 Å². The zero-order chi connectivity index (χ0) is 16.6. The third-order valence-corrected chi connectivity index (χ3v) is 4.58. The molecule has 122 valence electrons. The molecule has 0 bridgehead atoms.